The molecule has 1 saturated heterocycles. The molecule has 1 aliphatic heterocycles. The number of rotatable bonds is 12. The van der Waals surface area contributed by atoms with Gasteiger partial charge in [0.15, 0.2) is 5.96 Å². The highest BCUT2D eigenvalue weighted by Crippen LogP contribution is 2.21. The quantitative estimate of drug-likeness (QED) is 0.196. The van der Waals surface area contributed by atoms with Gasteiger partial charge >= 0.3 is 0 Å². The summed E-state index contributed by atoms with van der Waals surface area (Å²) in [6.45, 7) is 13.0. The molecule has 0 bridgehead atoms. The van der Waals surface area contributed by atoms with Crippen molar-refractivity contribution in [1.82, 2.24) is 15.5 Å². The molecule has 1 aromatic heterocycles. The first-order chi connectivity index (χ1) is 13.3. The third-order valence-corrected chi connectivity index (χ3v) is 4.75. The molecule has 7 nitrogen and oxygen atoms in total. The van der Waals surface area contributed by atoms with Crippen LogP contribution >= 0.6 is 24.0 Å². The van der Waals surface area contributed by atoms with Crippen LogP contribution in [-0.2, 0) is 9.47 Å². The lowest BCUT2D eigenvalue weighted by atomic mass is 10.2. The second-order valence-electron chi connectivity index (χ2n) is 6.61. The summed E-state index contributed by atoms with van der Waals surface area (Å²) < 4.78 is 16.8. The van der Waals surface area contributed by atoms with Crippen molar-refractivity contribution in [2.75, 3.05) is 52.5 Å². The number of hydrogen-bond acceptors (Lipinski definition) is 5. The predicted octanol–water partition coefficient (Wildman–Crippen LogP) is 3.03. The Morgan fingerprint density at radius 3 is 2.75 bits per heavy atom. The van der Waals surface area contributed by atoms with Crippen LogP contribution in [0.25, 0.3) is 0 Å². The van der Waals surface area contributed by atoms with Crippen LogP contribution in [0.3, 0.4) is 0 Å². The van der Waals surface area contributed by atoms with Crippen LogP contribution in [0.4, 0.5) is 0 Å². The van der Waals surface area contributed by atoms with E-state index in [1.807, 2.05) is 12.1 Å². The summed E-state index contributed by atoms with van der Waals surface area (Å²) in [4.78, 5) is 7.16. The second kappa shape index (κ2) is 15.1. The summed E-state index contributed by atoms with van der Waals surface area (Å²) in [6.07, 6.45) is 3.96. The van der Waals surface area contributed by atoms with E-state index in [-0.39, 0.29) is 36.1 Å². The minimum absolute atomic E-state index is 0. The molecule has 0 aliphatic carbocycles. The van der Waals surface area contributed by atoms with Crippen molar-refractivity contribution >= 4 is 29.9 Å². The topological polar surface area (TPSA) is 71.3 Å². The minimum Gasteiger partial charge on any atom is -0.468 e. The Balaban J connectivity index is 0.00000392. The molecule has 0 spiro atoms. The molecule has 1 fully saturated rings. The molecule has 0 saturated carbocycles. The summed E-state index contributed by atoms with van der Waals surface area (Å²) in [6, 6.07) is 4.12. The molecule has 0 radical (unpaired) electrons. The highest BCUT2D eigenvalue weighted by atomic mass is 127. The zero-order chi connectivity index (χ0) is 19.3. The summed E-state index contributed by atoms with van der Waals surface area (Å²) in [5, 5.41) is 6.72. The van der Waals surface area contributed by atoms with E-state index in [4.69, 9.17) is 18.9 Å². The first-order valence-electron chi connectivity index (χ1n) is 10.3. The van der Waals surface area contributed by atoms with Gasteiger partial charge in [-0.3, -0.25) is 9.89 Å². The zero-order valence-corrected chi connectivity index (χ0v) is 19.8. The lowest BCUT2D eigenvalue weighted by Gasteiger charge is -2.27. The van der Waals surface area contributed by atoms with Gasteiger partial charge in [0, 0.05) is 26.3 Å². The predicted molar refractivity (Wildman–Crippen MR) is 124 cm³/mol. The number of halogens is 1. The number of ether oxygens (including phenoxy) is 2. The number of aliphatic imine (C=N–C) groups is 1. The lowest BCUT2D eigenvalue weighted by molar-refractivity contribution is 0.0420. The molecule has 8 heteroatoms. The molecule has 28 heavy (non-hydrogen) atoms. The molecule has 2 unspecified atom stereocenters. The molecule has 2 rings (SSSR count). The number of guanidine groups is 1. The number of hydrogen-bond donors (Lipinski definition) is 2. The molecule has 2 heterocycles. The average Bonchev–Trinajstić information content (AvgIpc) is 3.38. The highest BCUT2D eigenvalue weighted by molar-refractivity contribution is 14.0. The number of likely N-dealkylation sites (N-methyl/N-ethyl adjacent to an activating group) is 1. The van der Waals surface area contributed by atoms with Crippen molar-refractivity contribution in [2.45, 2.75) is 45.8 Å². The fourth-order valence-corrected chi connectivity index (χ4v) is 3.22. The van der Waals surface area contributed by atoms with E-state index in [0.29, 0.717) is 6.54 Å². The largest absolute Gasteiger partial charge is 0.468 e. The van der Waals surface area contributed by atoms with E-state index in [0.717, 1.165) is 70.6 Å². The van der Waals surface area contributed by atoms with E-state index in [1.165, 1.54) is 0 Å². The third kappa shape index (κ3) is 8.67. The van der Waals surface area contributed by atoms with Crippen molar-refractivity contribution < 1.29 is 13.9 Å². The Kier molecular flexibility index (Phi) is 13.6. The first-order valence-corrected chi connectivity index (χ1v) is 10.3. The first kappa shape index (κ1) is 25.2. The molecule has 1 aliphatic rings. The zero-order valence-electron chi connectivity index (χ0n) is 17.5. The Bertz CT molecular complexity index is 518. The normalized spacial score (nSPS) is 18.1. The van der Waals surface area contributed by atoms with Crippen molar-refractivity contribution in [1.29, 1.82) is 0 Å². The minimum atomic E-state index is 0. The standard InChI is InChI=1S/C20H36N4O3.HI/c1-4-21-20(22-11-8-13-26-17-10-14-25-16-17)23-15-18(24(5-2)6-3)19-9-7-12-27-19;/h7,9,12,17-18H,4-6,8,10-11,13-16H2,1-3H3,(H2,21,22,23);1H. The SMILES string of the molecule is CCNC(=NCC(c1ccco1)N(CC)CC)NCCCOC1CCOC1.I. The maximum Gasteiger partial charge on any atom is 0.191 e. The maximum atomic E-state index is 5.81. The lowest BCUT2D eigenvalue weighted by Crippen LogP contribution is -2.39. The van der Waals surface area contributed by atoms with E-state index in [1.54, 1.807) is 6.26 Å². The van der Waals surface area contributed by atoms with Gasteiger partial charge in [0.1, 0.15) is 5.76 Å². The van der Waals surface area contributed by atoms with Gasteiger partial charge in [-0.25, -0.2) is 0 Å². The molecule has 2 atom stereocenters. The van der Waals surface area contributed by atoms with Gasteiger partial charge in [0.2, 0.25) is 0 Å². The molecule has 162 valence electrons. The molecular formula is C20H37IN4O3. The smallest absolute Gasteiger partial charge is 0.191 e. The van der Waals surface area contributed by atoms with Crippen molar-refractivity contribution in [2.24, 2.45) is 4.99 Å². The van der Waals surface area contributed by atoms with Crippen molar-refractivity contribution in [3.63, 3.8) is 0 Å². The fourth-order valence-electron chi connectivity index (χ4n) is 3.22. The van der Waals surface area contributed by atoms with E-state index in [2.05, 4.69) is 36.3 Å². The Labute approximate surface area is 186 Å². The van der Waals surface area contributed by atoms with Gasteiger partial charge in [-0.05, 0) is 45.0 Å². The van der Waals surface area contributed by atoms with Gasteiger partial charge in [0.25, 0.3) is 0 Å². The summed E-state index contributed by atoms with van der Waals surface area (Å²) in [7, 11) is 0. The van der Waals surface area contributed by atoms with Gasteiger partial charge in [-0.1, -0.05) is 13.8 Å². The molecule has 1 aromatic rings. The fraction of sp³-hybridized carbons (Fsp3) is 0.750. The van der Waals surface area contributed by atoms with Gasteiger partial charge in [-0.2, -0.15) is 0 Å². The van der Waals surface area contributed by atoms with Crippen LogP contribution < -0.4 is 10.6 Å². The highest BCUT2D eigenvalue weighted by Gasteiger charge is 2.20. The van der Waals surface area contributed by atoms with Crippen LogP contribution in [0.5, 0.6) is 0 Å². The van der Waals surface area contributed by atoms with Crippen LogP contribution in [0.15, 0.2) is 27.8 Å². The second-order valence-corrected chi connectivity index (χ2v) is 6.61. The number of furan rings is 1. The van der Waals surface area contributed by atoms with E-state index < -0.39 is 0 Å². The number of nitrogens with one attached hydrogen (secondary N) is 2. The van der Waals surface area contributed by atoms with Crippen LogP contribution in [-0.4, -0.2) is 69.5 Å². The van der Waals surface area contributed by atoms with Crippen molar-refractivity contribution in [3.05, 3.63) is 24.2 Å². The Morgan fingerprint density at radius 1 is 1.32 bits per heavy atom. The molecule has 0 aromatic carbocycles. The molecule has 0 amide bonds. The Morgan fingerprint density at radius 2 is 2.14 bits per heavy atom. The monoisotopic (exact) mass is 508 g/mol. The van der Waals surface area contributed by atoms with Gasteiger partial charge < -0.3 is 24.5 Å². The average molecular weight is 508 g/mol. The summed E-state index contributed by atoms with van der Waals surface area (Å²) >= 11 is 0. The summed E-state index contributed by atoms with van der Waals surface area (Å²) in [5.41, 5.74) is 0. The molecule has 2 N–H and O–H groups in total. The number of nitrogens with zero attached hydrogens (tertiary/aromatic N) is 2. The third-order valence-electron chi connectivity index (χ3n) is 4.75. The maximum absolute atomic E-state index is 5.81. The Hall–Kier alpha value is -0.840. The van der Waals surface area contributed by atoms with Crippen LogP contribution in [0.2, 0.25) is 0 Å². The molecular weight excluding hydrogens is 471 g/mol. The van der Waals surface area contributed by atoms with Gasteiger partial charge in [-0.15, -0.1) is 24.0 Å². The van der Waals surface area contributed by atoms with Gasteiger partial charge in [0.05, 0.1) is 31.6 Å². The van der Waals surface area contributed by atoms with Crippen LogP contribution in [0.1, 0.15) is 45.4 Å². The van der Waals surface area contributed by atoms with Crippen molar-refractivity contribution in [3.8, 4) is 0 Å². The summed E-state index contributed by atoms with van der Waals surface area (Å²) in [5.74, 6) is 1.80. The van der Waals surface area contributed by atoms with Crippen LogP contribution in [0, 0.1) is 0 Å². The van der Waals surface area contributed by atoms with E-state index in [9.17, 15) is 0 Å². The van der Waals surface area contributed by atoms with E-state index >= 15 is 0 Å².